The van der Waals surface area contributed by atoms with E-state index in [2.05, 4.69) is 14.9 Å². The number of alkyl halides is 3. The van der Waals surface area contributed by atoms with E-state index in [4.69, 9.17) is 4.74 Å². The fraction of sp³-hybridized carbons (Fsp3) is 0.412. The summed E-state index contributed by atoms with van der Waals surface area (Å²) in [6.45, 7) is 3.39. The number of pyridine rings is 2. The highest BCUT2D eigenvalue weighted by Crippen LogP contribution is 2.29. The number of piperazine rings is 1. The van der Waals surface area contributed by atoms with Crippen molar-refractivity contribution in [2.24, 2.45) is 0 Å². The Morgan fingerprint density at radius 2 is 1.72 bits per heavy atom. The fourth-order valence-electron chi connectivity index (χ4n) is 2.78. The molecule has 0 saturated carbocycles. The third-order valence-electron chi connectivity index (χ3n) is 4.10. The van der Waals surface area contributed by atoms with Crippen molar-refractivity contribution < 1.29 is 17.9 Å². The number of nitrogens with zero attached hydrogens (tertiary/aromatic N) is 4. The molecule has 0 atom stereocenters. The Labute approximate surface area is 144 Å². The van der Waals surface area contributed by atoms with Crippen LogP contribution >= 0.6 is 0 Å². The van der Waals surface area contributed by atoms with Crippen molar-refractivity contribution in [1.29, 1.82) is 0 Å². The average Bonchev–Trinajstić information content (AvgIpc) is 2.62. The van der Waals surface area contributed by atoms with E-state index in [1.165, 1.54) is 6.07 Å². The van der Waals surface area contributed by atoms with Crippen LogP contribution < -0.4 is 9.64 Å². The van der Waals surface area contributed by atoms with E-state index in [1.807, 2.05) is 17.0 Å². The average molecular weight is 352 g/mol. The lowest BCUT2D eigenvalue weighted by molar-refractivity contribution is -0.141. The predicted octanol–water partition coefficient (Wildman–Crippen LogP) is 2.83. The van der Waals surface area contributed by atoms with Crippen LogP contribution in [0.2, 0.25) is 0 Å². The molecule has 3 rings (SSSR count). The second-order valence-corrected chi connectivity index (χ2v) is 5.81. The van der Waals surface area contributed by atoms with Crippen molar-refractivity contribution in [3.8, 4) is 5.88 Å². The van der Waals surface area contributed by atoms with E-state index in [-0.39, 0.29) is 0 Å². The standard InChI is InChI=1S/C17H19F3N4O/c1-25-16-7-2-4-13(21-16)12-23-8-10-24(11-9-23)15-6-3-5-14(22-15)17(18,19)20/h2-7H,8-12H2,1H3. The van der Waals surface area contributed by atoms with Gasteiger partial charge in [-0.2, -0.15) is 13.2 Å². The first-order valence-electron chi connectivity index (χ1n) is 7.97. The number of hydrogen-bond donors (Lipinski definition) is 0. The molecule has 0 bridgehead atoms. The molecule has 1 saturated heterocycles. The molecule has 0 N–H and O–H groups in total. The predicted molar refractivity (Wildman–Crippen MR) is 87.5 cm³/mol. The molecule has 2 aromatic rings. The first kappa shape index (κ1) is 17.5. The number of halogens is 3. The van der Waals surface area contributed by atoms with E-state index in [9.17, 15) is 13.2 Å². The van der Waals surface area contributed by atoms with Gasteiger partial charge in [0.25, 0.3) is 0 Å². The van der Waals surface area contributed by atoms with Gasteiger partial charge in [-0.3, -0.25) is 4.90 Å². The molecule has 1 aliphatic heterocycles. The third kappa shape index (κ3) is 4.39. The molecule has 2 aromatic heterocycles. The molecule has 1 aliphatic rings. The molecule has 25 heavy (non-hydrogen) atoms. The smallest absolute Gasteiger partial charge is 0.433 e. The Hall–Kier alpha value is -2.35. The van der Waals surface area contributed by atoms with Gasteiger partial charge in [0.15, 0.2) is 0 Å². The molecular weight excluding hydrogens is 333 g/mol. The monoisotopic (exact) mass is 352 g/mol. The SMILES string of the molecule is COc1cccc(CN2CCN(c3cccc(C(F)(F)F)n3)CC2)n1. The van der Waals surface area contributed by atoms with Crippen molar-refractivity contribution in [3.05, 3.63) is 47.8 Å². The molecule has 3 heterocycles. The Balaban J connectivity index is 1.60. The van der Waals surface area contributed by atoms with Crippen LogP contribution in [0.1, 0.15) is 11.4 Å². The van der Waals surface area contributed by atoms with Crippen LogP contribution in [0.3, 0.4) is 0 Å². The Morgan fingerprint density at radius 3 is 2.40 bits per heavy atom. The minimum Gasteiger partial charge on any atom is -0.481 e. The van der Waals surface area contributed by atoms with E-state index in [0.29, 0.717) is 31.3 Å². The summed E-state index contributed by atoms with van der Waals surface area (Å²) in [5.41, 5.74) is 0.0537. The molecule has 0 amide bonds. The number of ether oxygens (including phenoxy) is 1. The van der Waals surface area contributed by atoms with Gasteiger partial charge in [-0.05, 0) is 18.2 Å². The zero-order valence-corrected chi connectivity index (χ0v) is 13.8. The first-order chi connectivity index (χ1) is 12.0. The lowest BCUT2D eigenvalue weighted by Gasteiger charge is -2.35. The quantitative estimate of drug-likeness (QED) is 0.846. The van der Waals surface area contributed by atoms with Crippen LogP contribution in [-0.4, -0.2) is 48.2 Å². The second kappa shape index (κ2) is 7.26. The summed E-state index contributed by atoms with van der Waals surface area (Å²) in [6.07, 6.45) is -4.42. The van der Waals surface area contributed by atoms with Crippen LogP contribution in [0.25, 0.3) is 0 Å². The largest absolute Gasteiger partial charge is 0.481 e. The van der Waals surface area contributed by atoms with Crippen LogP contribution in [0.15, 0.2) is 36.4 Å². The highest BCUT2D eigenvalue weighted by molar-refractivity contribution is 5.40. The summed E-state index contributed by atoms with van der Waals surface area (Å²) in [6, 6.07) is 9.63. The summed E-state index contributed by atoms with van der Waals surface area (Å²) < 4.78 is 43.5. The molecule has 0 aromatic carbocycles. The topological polar surface area (TPSA) is 41.5 Å². The van der Waals surface area contributed by atoms with Gasteiger partial charge in [0.2, 0.25) is 5.88 Å². The molecule has 134 valence electrons. The van der Waals surface area contributed by atoms with Gasteiger partial charge >= 0.3 is 6.18 Å². The maximum Gasteiger partial charge on any atom is 0.433 e. The second-order valence-electron chi connectivity index (χ2n) is 5.81. The maximum absolute atomic E-state index is 12.8. The number of rotatable bonds is 4. The molecule has 0 radical (unpaired) electrons. The highest BCUT2D eigenvalue weighted by Gasteiger charge is 2.33. The minimum absolute atomic E-state index is 0.369. The number of anilines is 1. The third-order valence-corrected chi connectivity index (χ3v) is 4.10. The molecule has 0 unspecified atom stereocenters. The van der Waals surface area contributed by atoms with Crippen molar-refractivity contribution in [3.63, 3.8) is 0 Å². The van der Waals surface area contributed by atoms with Crippen molar-refractivity contribution >= 4 is 5.82 Å². The van der Waals surface area contributed by atoms with Gasteiger partial charge < -0.3 is 9.64 Å². The molecule has 8 heteroatoms. The fourth-order valence-corrected chi connectivity index (χ4v) is 2.78. The van der Waals surface area contributed by atoms with Gasteiger partial charge in [0, 0.05) is 38.8 Å². The Morgan fingerprint density at radius 1 is 1.00 bits per heavy atom. The highest BCUT2D eigenvalue weighted by atomic mass is 19.4. The normalized spacial score (nSPS) is 16.1. The van der Waals surface area contributed by atoms with Gasteiger partial charge in [-0.1, -0.05) is 12.1 Å². The van der Waals surface area contributed by atoms with E-state index < -0.39 is 11.9 Å². The summed E-state index contributed by atoms with van der Waals surface area (Å²) in [4.78, 5) is 12.2. The van der Waals surface area contributed by atoms with Crippen LogP contribution in [0, 0.1) is 0 Å². The van der Waals surface area contributed by atoms with Crippen molar-refractivity contribution in [1.82, 2.24) is 14.9 Å². The van der Waals surface area contributed by atoms with Gasteiger partial charge in [-0.25, -0.2) is 9.97 Å². The van der Waals surface area contributed by atoms with Crippen LogP contribution in [0.5, 0.6) is 5.88 Å². The molecular formula is C17H19F3N4O. The van der Waals surface area contributed by atoms with Crippen molar-refractivity contribution in [2.75, 3.05) is 38.2 Å². The van der Waals surface area contributed by atoms with Crippen LogP contribution in [0.4, 0.5) is 19.0 Å². The summed E-state index contributed by atoms with van der Waals surface area (Å²) in [5, 5.41) is 0. The zero-order valence-electron chi connectivity index (χ0n) is 13.8. The van der Waals surface area contributed by atoms with E-state index in [0.717, 1.165) is 24.8 Å². The van der Waals surface area contributed by atoms with Crippen molar-refractivity contribution in [2.45, 2.75) is 12.7 Å². The summed E-state index contributed by atoms with van der Waals surface area (Å²) >= 11 is 0. The number of methoxy groups -OCH3 is 1. The number of hydrogen-bond acceptors (Lipinski definition) is 5. The molecule has 5 nitrogen and oxygen atoms in total. The summed E-state index contributed by atoms with van der Waals surface area (Å²) in [5.74, 6) is 0.943. The van der Waals surface area contributed by atoms with Gasteiger partial charge in [0.1, 0.15) is 11.5 Å². The maximum atomic E-state index is 12.8. The van der Waals surface area contributed by atoms with Crippen LogP contribution in [-0.2, 0) is 12.7 Å². The van der Waals surface area contributed by atoms with E-state index in [1.54, 1.807) is 19.2 Å². The lowest BCUT2D eigenvalue weighted by Crippen LogP contribution is -2.46. The molecule has 0 spiro atoms. The van der Waals surface area contributed by atoms with Gasteiger partial charge in [-0.15, -0.1) is 0 Å². The zero-order chi connectivity index (χ0) is 17.9. The Bertz CT molecular complexity index is 715. The first-order valence-corrected chi connectivity index (χ1v) is 7.97. The molecule has 0 aliphatic carbocycles. The Kier molecular flexibility index (Phi) is 5.08. The molecule has 1 fully saturated rings. The minimum atomic E-state index is -4.42. The van der Waals surface area contributed by atoms with Gasteiger partial charge in [0.05, 0.1) is 12.8 Å². The number of aromatic nitrogens is 2. The lowest BCUT2D eigenvalue weighted by atomic mass is 10.2. The van der Waals surface area contributed by atoms with E-state index >= 15 is 0 Å². The summed E-state index contributed by atoms with van der Waals surface area (Å²) in [7, 11) is 1.58.